The van der Waals surface area contributed by atoms with Crippen LogP contribution in [0, 0.1) is 24.2 Å². The first kappa shape index (κ1) is 12.5. The SMILES string of the molecule is Cc1ccc(N(CC2CC2)CC2CC2)c(C(=N)N)c1. The van der Waals surface area contributed by atoms with Gasteiger partial charge in [-0.05, 0) is 56.6 Å². The van der Waals surface area contributed by atoms with Gasteiger partial charge >= 0.3 is 0 Å². The molecule has 0 amide bonds. The van der Waals surface area contributed by atoms with E-state index < -0.39 is 0 Å². The molecule has 2 aliphatic carbocycles. The Morgan fingerprint density at radius 2 is 1.79 bits per heavy atom. The molecular weight excluding hydrogens is 234 g/mol. The summed E-state index contributed by atoms with van der Waals surface area (Å²) in [6.45, 7) is 4.34. The van der Waals surface area contributed by atoms with Gasteiger partial charge in [0.2, 0.25) is 0 Å². The number of aryl methyl sites for hydroxylation is 1. The Balaban J connectivity index is 1.88. The number of hydrogen-bond donors (Lipinski definition) is 2. The highest BCUT2D eigenvalue weighted by atomic mass is 15.1. The summed E-state index contributed by atoms with van der Waals surface area (Å²) in [5, 5.41) is 7.81. The lowest BCUT2D eigenvalue weighted by Crippen LogP contribution is -2.30. The highest BCUT2D eigenvalue weighted by molar-refractivity contribution is 6.00. The topological polar surface area (TPSA) is 53.1 Å². The summed E-state index contributed by atoms with van der Waals surface area (Å²) in [6, 6.07) is 6.33. The second kappa shape index (κ2) is 4.87. The smallest absolute Gasteiger partial charge is 0.124 e. The molecule has 0 aromatic heterocycles. The van der Waals surface area contributed by atoms with Crippen LogP contribution >= 0.6 is 0 Å². The van der Waals surface area contributed by atoms with Crippen LogP contribution in [0.1, 0.15) is 36.8 Å². The fourth-order valence-electron chi connectivity index (χ4n) is 2.64. The molecule has 0 unspecified atom stereocenters. The summed E-state index contributed by atoms with van der Waals surface area (Å²) < 4.78 is 0. The Kier molecular flexibility index (Phi) is 3.21. The molecule has 3 nitrogen and oxygen atoms in total. The van der Waals surface area contributed by atoms with Gasteiger partial charge in [-0.1, -0.05) is 11.6 Å². The van der Waals surface area contributed by atoms with Crippen LogP contribution in [0.3, 0.4) is 0 Å². The Hall–Kier alpha value is -1.51. The van der Waals surface area contributed by atoms with Crippen LogP contribution in [0.25, 0.3) is 0 Å². The second-order valence-electron chi connectivity index (χ2n) is 6.23. The van der Waals surface area contributed by atoms with Crippen molar-refractivity contribution in [1.82, 2.24) is 0 Å². The molecule has 0 heterocycles. The van der Waals surface area contributed by atoms with E-state index in [2.05, 4.69) is 24.0 Å². The summed E-state index contributed by atoms with van der Waals surface area (Å²) in [5.41, 5.74) is 9.01. The molecule has 2 aliphatic rings. The van der Waals surface area contributed by atoms with Gasteiger partial charge in [0.1, 0.15) is 5.84 Å². The Labute approximate surface area is 115 Å². The molecule has 3 rings (SSSR count). The molecule has 19 heavy (non-hydrogen) atoms. The molecular formula is C16H23N3. The first-order chi connectivity index (χ1) is 9.13. The number of hydrogen-bond acceptors (Lipinski definition) is 2. The zero-order chi connectivity index (χ0) is 13.4. The maximum atomic E-state index is 7.81. The highest BCUT2D eigenvalue weighted by Gasteiger charge is 2.30. The van der Waals surface area contributed by atoms with Crippen molar-refractivity contribution in [3.8, 4) is 0 Å². The van der Waals surface area contributed by atoms with E-state index in [0.29, 0.717) is 0 Å². The van der Waals surface area contributed by atoms with Gasteiger partial charge in [0, 0.05) is 24.3 Å². The van der Waals surface area contributed by atoms with E-state index in [4.69, 9.17) is 11.1 Å². The maximum absolute atomic E-state index is 7.81. The van der Waals surface area contributed by atoms with Crippen LogP contribution in [-0.2, 0) is 0 Å². The minimum absolute atomic E-state index is 0.190. The van der Waals surface area contributed by atoms with Gasteiger partial charge in [-0.2, -0.15) is 0 Å². The fourth-order valence-corrected chi connectivity index (χ4v) is 2.64. The van der Waals surface area contributed by atoms with Crippen LogP contribution in [0.2, 0.25) is 0 Å². The predicted octanol–water partition coefficient (Wildman–Crippen LogP) is 2.91. The average Bonchev–Trinajstić information content (AvgIpc) is 3.23. The summed E-state index contributed by atoms with van der Waals surface area (Å²) in [7, 11) is 0. The molecule has 1 aromatic rings. The zero-order valence-electron chi connectivity index (χ0n) is 11.7. The summed E-state index contributed by atoms with van der Waals surface area (Å²) >= 11 is 0. The predicted molar refractivity (Wildman–Crippen MR) is 79.9 cm³/mol. The van der Waals surface area contributed by atoms with Gasteiger partial charge < -0.3 is 10.6 Å². The second-order valence-corrected chi connectivity index (χ2v) is 6.23. The van der Waals surface area contributed by atoms with Crippen LogP contribution in [0.4, 0.5) is 5.69 Å². The quantitative estimate of drug-likeness (QED) is 0.608. The number of nitrogen functional groups attached to an aromatic ring is 1. The lowest BCUT2D eigenvalue weighted by atomic mass is 10.1. The average molecular weight is 257 g/mol. The third-order valence-corrected chi connectivity index (χ3v) is 4.13. The van der Waals surface area contributed by atoms with Gasteiger partial charge in [0.25, 0.3) is 0 Å². The van der Waals surface area contributed by atoms with E-state index in [0.717, 1.165) is 36.2 Å². The fraction of sp³-hybridized carbons (Fsp3) is 0.562. The van der Waals surface area contributed by atoms with Gasteiger partial charge in [-0.15, -0.1) is 0 Å². The monoisotopic (exact) mass is 257 g/mol. The molecule has 0 bridgehead atoms. The maximum Gasteiger partial charge on any atom is 0.124 e. The van der Waals surface area contributed by atoms with Crippen molar-refractivity contribution in [2.24, 2.45) is 17.6 Å². The van der Waals surface area contributed by atoms with Gasteiger partial charge in [0.05, 0.1) is 0 Å². The lowest BCUT2D eigenvalue weighted by molar-refractivity contribution is 0.679. The van der Waals surface area contributed by atoms with Crippen molar-refractivity contribution >= 4 is 11.5 Å². The lowest BCUT2D eigenvalue weighted by Gasteiger charge is -2.27. The first-order valence-corrected chi connectivity index (χ1v) is 7.33. The van der Waals surface area contributed by atoms with Crippen LogP contribution < -0.4 is 10.6 Å². The number of anilines is 1. The van der Waals surface area contributed by atoms with E-state index in [9.17, 15) is 0 Å². The van der Waals surface area contributed by atoms with Crippen LogP contribution in [0.5, 0.6) is 0 Å². The van der Waals surface area contributed by atoms with Gasteiger partial charge in [0.15, 0.2) is 0 Å². The minimum Gasteiger partial charge on any atom is -0.384 e. The minimum atomic E-state index is 0.190. The summed E-state index contributed by atoms with van der Waals surface area (Å²) in [4.78, 5) is 2.48. The van der Waals surface area contributed by atoms with E-state index in [-0.39, 0.29) is 5.84 Å². The van der Waals surface area contributed by atoms with Crippen molar-refractivity contribution in [2.45, 2.75) is 32.6 Å². The Morgan fingerprint density at radius 1 is 1.21 bits per heavy atom. The third kappa shape index (κ3) is 3.09. The Morgan fingerprint density at radius 3 is 2.26 bits per heavy atom. The third-order valence-electron chi connectivity index (χ3n) is 4.13. The van der Waals surface area contributed by atoms with Crippen molar-refractivity contribution in [2.75, 3.05) is 18.0 Å². The van der Waals surface area contributed by atoms with E-state index in [1.165, 1.54) is 31.2 Å². The standard InChI is InChI=1S/C16H23N3/c1-11-2-7-15(14(8-11)16(17)18)19(9-12-3-4-12)10-13-5-6-13/h2,7-8,12-13H,3-6,9-10H2,1H3,(H3,17,18). The number of amidine groups is 1. The van der Waals surface area contributed by atoms with E-state index in [1.54, 1.807) is 0 Å². The van der Waals surface area contributed by atoms with Crippen LogP contribution in [0.15, 0.2) is 18.2 Å². The molecule has 3 heteroatoms. The number of nitrogens with zero attached hydrogens (tertiary/aromatic N) is 1. The van der Waals surface area contributed by atoms with E-state index in [1.807, 2.05) is 6.07 Å². The highest BCUT2D eigenvalue weighted by Crippen LogP contribution is 2.36. The van der Waals surface area contributed by atoms with Gasteiger partial charge in [-0.3, -0.25) is 5.41 Å². The number of rotatable bonds is 6. The van der Waals surface area contributed by atoms with Crippen molar-refractivity contribution in [3.63, 3.8) is 0 Å². The molecule has 2 saturated carbocycles. The summed E-state index contributed by atoms with van der Waals surface area (Å²) in [6.07, 6.45) is 5.45. The zero-order valence-corrected chi connectivity index (χ0v) is 11.7. The van der Waals surface area contributed by atoms with Crippen LogP contribution in [-0.4, -0.2) is 18.9 Å². The molecule has 0 saturated heterocycles. The normalized spacial score (nSPS) is 18.4. The summed E-state index contributed by atoms with van der Waals surface area (Å²) in [5.74, 6) is 1.91. The largest absolute Gasteiger partial charge is 0.384 e. The molecule has 102 valence electrons. The Bertz CT molecular complexity index is 473. The van der Waals surface area contributed by atoms with Crippen molar-refractivity contribution in [1.29, 1.82) is 5.41 Å². The molecule has 2 fully saturated rings. The van der Waals surface area contributed by atoms with Gasteiger partial charge in [-0.25, -0.2) is 0 Å². The number of benzene rings is 1. The first-order valence-electron chi connectivity index (χ1n) is 7.33. The van der Waals surface area contributed by atoms with Crippen molar-refractivity contribution in [3.05, 3.63) is 29.3 Å². The molecule has 0 aliphatic heterocycles. The number of nitrogens with one attached hydrogen (secondary N) is 1. The van der Waals surface area contributed by atoms with E-state index >= 15 is 0 Å². The molecule has 0 atom stereocenters. The number of nitrogens with two attached hydrogens (primary N) is 1. The molecule has 0 spiro atoms. The molecule has 0 radical (unpaired) electrons. The molecule has 3 N–H and O–H groups in total. The molecule has 1 aromatic carbocycles. The van der Waals surface area contributed by atoms with Crippen molar-refractivity contribution < 1.29 is 0 Å².